The van der Waals surface area contributed by atoms with Gasteiger partial charge in [0.25, 0.3) is 5.69 Å². The number of nitro groups is 1. The Balaban J connectivity index is 1.75. The first kappa shape index (κ1) is 21.8. The maximum atomic E-state index is 13.1. The average Bonchev–Trinajstić information content (AvgIpc) is 3.10. The van der Waals surface area contributed by atoms with E-state index in [1.165, 1.54) is 36.0 Å². The van der Waals surface area contributed by atoms with E-state index in [9.17, 15) is 14.5 Å². The van der Waals surface area contributed by atoms with E-state index in [0.29, 0.717) is 23.2 Å². The average molecular weight is 431 g/mol. The number of hydrogen-bond donors (Lipinski definition) is 0. The molecule has 0 N–H and O–H groups in total. The van der Waals surface area contributed by atoms with Gasteiger partial charge in [0.1, 0.15) is 11.6 Å². The molecule has 0 bridgehead atoms. The quantitative estimate of drug-likeness (QED) is 0.256. The topological polar surface area (TPSA) is 83.1 Å². The number of thioether (sulfide) groups is 1. The first-order valence-corrected chi connectivity index (χ1v) is 10.5. The van der Waals surface area contributed by atoms with E-state index in [1.54, 1.807) is 24.3 Å². The maximum Gasteiger partial charge on any atom is 0.269 e. The molecule has 2 aromatic carbocycles. The first-order valence-electron chi connectivity index (χ1n) is 9.55. The van der Waals surface area contributed by atoms with Gasteiger partial charge in [0.15, 0.2) is 17.1 Å². The highest BCUT2D eigenvalue weighted by Gasteiger charge is 2.20. The summed E-state index contributed by atoms with van der Waals surface area (Å²) in [5.41, 5.74) is 1.03. The normalized spacial score (nSPS) is 12.2. The summed E-state index contributed by atoms with van der Waals surface area (Å²) in [6.45, 7) is 6.83. The number of nitro benzene ring substituents is 1. The van der Waals surface area contributed by atoms with Crippen LogP contribution in [0.25, 0.3) is 0 Å². The number of nitrogens with zero attached hydrogens (tertiary/aromatic N) is 4. The summed E-state index contributed by atoms with van der Waals surface area (Å²) in [7, 11) is 0. The van der Waals surface area contributed by atoms with Crippen molar-refractivity contribution in [3.63, 3.8) is 0 Å². The van der Waals surface area contributed by atoms with Gasteiger partial charge in [0.05, 0.1) is 4.92 Å². The number of hydrogen-bond acceptors (Lipinski definition) is 6. The van der Waals surface area contributed by atoms with Gasteiger partial charge in [-0.25, -0.2) is 4.39 Å². The smallest absolute Gasteiger partial charge is 0.269 e. The molecular weight excluding hydrogens is 407 g/mol. The molecule has 0 saturated heterocycles. The minimum absolute atomic E-state index is 0.0702. The molecule has 0 aliphatic carbocycles. The lowest BCUT2D eigenvalue weighted by molar-refractivity contribution is -0.384. The molecule has 1 atom stereocenters. The molecule has 0 aliphatic heterocycles. The molecule has 1 aromatic heterocycles. The highest BCUT2D eigenvalue weighted by atomic mass is 32.2. The summed E-state index contributed by atoms with van der Waals surface area (Å²) < 4.78 is 21.1. The number of aromatic nitrogens is 3. The Bertz CT molecular complexity index is 990. The summed E-state index contributed by atoms with van der Waals surface area (Å²) in [5.74, 6) is 1.92. The van der Waals surface area contributed by atoms with Gasteiger partial charge >= 0.3 is 0 Å². The number of benzene rings is 2. The zero-order valence-electron chi connectivity index (χ0n) is 17.0. The molecule has 0 fully saturated rings. The van der Waals surface area contributed by atoms with E-state index in [4.69, 9.17) is 4.74 Å². The predicted octanol–water partition coefficient (Wildman–Crippen LogP) is 5.41. The summed E-state index contributed by atoms with van der Waals surface area (Å²) >= 11 is 1.52. The van der Waals surface area contributed by atoms with Crippen LogP contribution >= 0.6 is 11.8 Å². The fraction of sp³-hybridized carbons (Fsp3) is 0.333. The van der Waals surface area contributed by atoms with Gasteiger partial charge in [0, 0.05) is 24.4 Å². The Kier molecular flexibility index (Phi) is 7.04. The Labute approximate surface area is 178 Å². The summed E-state index contributed by atoms with van der Waals surface area (Å²) in [4.78, 5) is 10.4. The SMILES string of the molecule is CC(C)Cn1c(SCc2ccc([N+](=O)[O-])cc2)nnc1C(C)Oc1ccc(F)cc1. The minimum Gasteiger partial charge on any atom is -0.483 e. The number of halogens is 1. The van der Waals surface area contributed by atoms with Crippen molar-refractivity contribution in [1.82, 2.24) is 14.8 Å². The monoisotopic (exact) mass is 430 g/mol. The third kappa shape index (κ3) is 5.56. The summed E-state index contributed by atoms with van der Waals surface area (Å²) in [6.07, 6.45) is -0.365. The molecule has 0 saturated carbocycles. The molecule has 3 aromatic rings. The molecule has 3 rings (SSSR count). The van der Waals surface area contributed by atoms with Crippen molar-refractivity contribution in [1.29, 1.82) is 0 Å². The molecule has 1 unspecified atom stereocenters. The zero-order valence-corrected chi connectivity index (χ0v) is 17.8. The van der Waals surface area contributed by atoms with E-state index in [0.717, 1.165) is 17.3 Å². The van der Waals surface area contributed by atoms with Crippen molar-refractivity contribution in [2.24, 2.45) is 5.92 Å². The lowest BCUT2D eigenvalue weighted by Gasteiger charge is -2.18. The molecule has 0 radical (unpaired) electrons. The van der Waals surface area contributed by atoms with Crippen LogP contribution < -0.4 is 4.74 Å². The Morgan fingerprint density at radius 3 is 2.37 bits per heavy atom. The van der Waals surface area contributed by atoms with Gasteiger partial charge in [-0.3, -0.25) is 10.1 Å². The van der Waals surface area contributed by atoms with Crippen molar-refractivity contribution in [2.75, 3.05) is 0 Å². The van der Waals surface area contributed by atoms with Crippen molar-refractivity contribution in [3.8, 4) is 5.75 Å². The lowest BCUT2D eigenvalue weighted by Crippen LogP contribution is -2.15. The maximum absolute atomic E-state index is 13.1. The molecular formula is C21H23FN4O3S. The van der Waals surface area contributed by atoms with Gasteiger partial charge in [-0.2, -0.15) is 0 Å². The number of rotatable bonds is 9. The van der Waals surface area contributed by atoms with Crippen LogP contribution in [0.4, 0.5) is 10.1 Å². The molecule has 0 spiro atoms. The Morgan fingerprint density at radius 2 is 1.77 bits per heavy atom. The van der Waals surface area contributed by atoms with Crippen molar-refractivity contribution in [3.05, 3.63) is 75.9 Å². The Morgan fingerprint density at radius 1 is 1.10 bits per heavy atom. The van der Waals surface area contributed by atoms with Crippen molar-refractivity contribution in [2.45, 2.75) is 44.3 Å². The second kappa shape index (κ2) is 9.71. The third-order valence-electron chi connectivity index (χ3n) is 4.30. The predicted molar refractivity (Wildman–Crippen MR) is 113 cm³/mol. The van der Waals surface area contributed by atoms with Crippen LogP contribution in [-0.2, 0) is 12.3 Å². The van der Waals surface area contributed by atoms with Crippen LogP contribution in [0.2, 0.25) is 0 Å². The molecule has 30 heavy (non-hydrogen) atoms. The van der Waals surface area contributed by atoms with Crippen molar-refractivity contribution < 1.29 is 14.1 Å². The van der Waals surface area contributed by atoms with E-state index >= 15 is 0 Å². The van der Waals surface area contributed by atoms with E-state index in [2.05, 4.69) is 24.0 Å². The number of non-ortho nitro benzene ring substituents is 1. The van der Waals surface area contributed by atoms with Crippen molar-refractivity contribution >= 4 is 17.4 Å². The zero-order chi connectivity index (χ0) is 21.7. The van der Waals surface area contributed by atoms with Crippen LogP contribution in [0.3, 0.4) is 0 Å². The van der Waals surface area contributed by atoms with E-state index in [1.807, 2.05) is 11.5 Å². The highest BCUT2D eigenvalue weighted by molar-refractivity contribution is 7.98. The van der Waals surface area contributed by atoms with Crippen LogP contribution in [0.15, 0.2) is 53.7 Å². The first-order chi connectivity index (χ1) is 14.3. The molecule has 9 heteroatoms. The summed E-state index contributed by atoms with van der Waals surface area (Å²) in [5, 5.41) is 20.2. The van der Waals surface area contributed by atoms with Crippen LogP contribution in [0, 0.1) is 21.8 Å². The van der Waals surface area contributed by atoms with Crippen LogP contribution in [0.1, 0.15) is 38.3 Å². The molecule has 7 nitrogen and oxygen atoms in total. The fourth-order valence-corrected chi connectivity index (χ4v) is 3.79. The van der Waals surface area contributed by atoms with Crippen LogP contribution in [-0.4, -0.2) is 19.7 Å². The fourth-order valence-electron chi connectivity index (χ4n) is 2.88. The molecule has 1 heterocycles. The molecule has 0 amide bonds. The lowest BCUT2D eigenvalue weighted by atomic mass is 10.2. The van der Waals surface area contributed by atoms with E-state index < -0.39 is 4.92 Å². The Hall–Kier alpha value is -2.94. The van der Waals surface area contributed by atoms with Gasteiger partial charge in [0.2, 0.25) is 0 Å². The second-order valence-electron chi connectivity index (χ2n) is 7.27. The largest absolute Gasteiger partial charge is 0.483 e. The van der Waals surface area contributed by atoms with E-state index in [-0.39, 0.29) is 17.6 Å². The second-order valence-corrected chi connectivity index (χ2v) is 8.21. The molecule has 158 valence electrons. The van der Waals surface area contributed by atoms with Gasteiger partial charge < -0.3 is 9.30 Å². The van der Waals surface area contributed by atoms with Gasteiger partial charge in [-0.1, -0.05) is 37.7 Å². The van der Waals surface area contributed by atoms with Gasteiger partial charge in [-0.05, 0) is 42.7 Å². The number of ether oxygens (including phenoxy) is 1. The molecule has 0 aliphatic rings. The minimum atomic E-state index is -0.412. The highest BCUT2D eigenvalue weighted by Crippen LogP contribution is 2.28. The third-order valence-corrected chi connectivity index (χ3v) is 5.34. The standard InChI is InChI=1S/C21H23FN4O3S/c1-14(2)12-25-20(15(3)29-19-10-6-17(22)7-11-19)23-24-21(25)30-13-16-4-8-18(9-5-16)26(27)28/h4-11,14-15H,12-13H2,1-3H3. The summed E-state index contributed by atoms with van der Waals surface area (Å²) in [6, 6.07) is 12.4. The van der Waals surface area contributed by atoms with Crippen LogP contribution in [0.5, 0.6) is 5.75 Å². The van der Waals surface area contributed by atoms with Gasteiger partial charge in [-0.15, -0.1) is 10.2 Å².